The molecule has 0 saturated heterocycles. The molecule has 96 valence electrons. The molecule has 18 heavy (non-hydrogen) atoms. The van der Waals surface area contributed by atoms with Crippen molar-refractivity contribution in [2.75, 3.05) is 20.8 Å². The molecule has 1 N–H and O–H groups in total. The van der Waals surface area contributed by atoms with E-state index in [-0.39, 0.29) is 6.04 Å². The van der Waals surface area contributed by atoms with Crippen LogP contribution in [0.2, 0.25) is 0 Å². The van der Waals surface area contributed by atoms with Gasteiger partial charge in [-0.15, -0.1) is 10.2 Å². The van der Waals surface area contributed by atoms with Crippen molar-refractivity contribution in [3.63, 3.8) is 0 Å². The average molecular weight is 263 g/mol. The number of rotatable bonds is 6. The van der Waals surface area contributed by atoms with Crippen LogP contribution in [0.3, 0.4) is 0 Å². The first-order chi connectivity index (χ1) is 8.85. The van der Waals surface area contributed by atoms with Crippen LogP contribution in [0.5, 0.6) is 0 Å². The Bertz CT molecular complexity index is 472. The summed E-state index contributed by atoms with van der Waals surface area (Å²) in [4.78, 5) is 0. The maximum atomic E-state index is 5.05. The van der Waals surface area contributed by atoms with E-state index in [1.165, 1.54) is 5.56 Å². The van der Waals surface area contributed by atoms with E-state index in [1.807, 2.05) is 25.2 Å². The minimum Gasteiger partial charge on any atom is -0.384 e. The van der Waals surface area contributed by atoms with E-state index in [4.69, 9.17) is 4.74 Å². The summed E-state index contributed by atoms with van der Waals surface area (Å²) in [5, 5.41) is 13.8. The van der Waals surface area contributed by atoms with E-state index >= 15 is 0 Å². The van der Waals surface area contributed by atoms with Crippen LogP contribution < -0.4 is 5.32 Å². The second kappa shape index (κ2) is 6.58. The average Bonchev–Trinajstić information content (AvgIpc) is 2.87. The number of hydrogen-bond donors (Lipinski definition) is 1. The highest BCUT2D eigenvalue weighted by atomic mass is 32.1. The molecule has 1 aromatic heterocycles. The maximum Gasteiger partial charge on any atom is 0.139 e. The van der Waals surface area contributed by atoms with Gasteiger partial charge in [-0.05, 0) is 12.6 Å². The van der Waals surface area contributed by atoms with Gasteiger partial charge in [-0.3, -0.25) is 0 Å². The molecule has 1 aromatic carbocycles. The smallest absolute Gasteiger partial charge is 0.139 e. The monoisotopic (exact) mass is 263 g/mol. The molecule has 1 unspecified atom stereocenters. The third-order valence-corrected chi connectivity index (χ3v) is 3.72. The fraction of sp³-hybridized carbons (Fsp3) is 0.385. The number of nitrogens with one attached hydrogen (secondary N) is 1. The van der Waals surface area contributed by atoms with Crippen molar-refractivity contribution in [1.29, 1.82) is 0 Å². The summed E-state index contributed by atoms with van der Waals surface area (Å²) in [6.45, 7) is 0.685. The zero-order chi connectivity index (χ0) is 12.8. The van der Waals surface area contributed by atoms with Crippen molar-refractivity contribution in [3.8, 4) is 0 Å². The first kappa shape index (κ1) is 13.1. The summed E-state index contributed by atoms with van der Waals surface area (Å²) in [6, 6.07) is 10.4. The highest BCUT2D eigenvalue weighted by molar-refractivity contribution is 7.11. The van der Waals surface area contributed by atoms with Gasteiger partial charge in [0.15, 0.2) is 0 Å². The molecule has 0 bridgehead atoms. The molecule has 2 aromatic rings. The largest absolute Gasteiger partial charge is 0.384 e. The zero-order valence-electron chi connectivity index (χ0n) is 10.6. The molecule has 0 aliphatic rings. The molecular formula is C13H17N3OS. The molecular weight excluding hydrogens is 246 g/mol. The standard InChI is InChI=1S/C13H17N3OS/c1-14-12(10-6-4-3-5-7-10)13-16-15-11(18-13)8-9-17-2/h3-7,12,14H,8-9H2,1-2H3. The highest BCUT2D eigenvalue weighted by Crippen LogP contribution is 2.24. The van der Waals surface area contributed by atoms with Crippen molar-refractivity contribution in [2.45, 2.75) is 12.5 Å². The fourth-order valence-corrected chi connectivity index (χ4v) is 2.71. The summed E-state index contributed by atoms with van der Waals surface area (Å²) in [7, 11) is 3.64. The van der Waals surface area contributed by atoms with Crippen LogP contribution in [0, 0.1) is 0 Å². The molecule has 0 spiro atoms. The van der Waals surface area contributed by atoms with Gasteiger partial charge in [0, 0.05) is 13.5 Å². The third kappa shape index (κ3) is 3.13. The van der Waals surface area contributed by atoms with Gasteiger partial charge in [-0.25, -0.2) is 0 Å². The molecule has 0 aliphatic heterocycles. The first-order valence-electron chi connectivity index (χ1n) is 5.88. The third-order valence-electron chi connectivity index (χ3n) is 2.67. The Balaban J connectivity index is 2.15. The van der Waals surface area contributed by atoms with Gasteiger partial charge < -0.3 is 10.1 Å². The van der Waals surface area contributed by atoms with E-state index in [0.29, 0.717) is 6.61 Å². The predicted octanol–water partition coefficient (Wildman–Crippen LogP) is 2.04. The minimum absolute atomic E-state index is 0.111. The van der Waals surface area contributed by atoms with Crippen LogP contribution in [0.4, 0.5) is 0 Å². The molecule has 2 rings (SSSR count). The topological polar surface area (TPSA) is 47.0 Å². The quantitative estimate of drug-likeness (QED) is 0.866. The Morgan fingerprint density at radius 1 is 1.28 bits per heavy atom. The van der Waals surface area contributed by atoms with Gasteiger partial charge in [-0.2, -0.15) is 0 Å². The lowest BCUT2D eigenvalue weighted by atomic mass is 10.1. The fourth-order valence-electron chi connectivity index (χ4n) is 1.75. The van der Waals surface area contributed by atoms with Gasteiger partial charge in [0.1, 0.15) is 10.0 Å². The molecule has 4 nitrogen and oxygen atoms in total. The number of nitrogens with zero attached hydrogens (tertiary/aromatic N) is 2. The van der Waals surface area contributed by atoms with Crippen LogP contribution in [-0.4, -0.2) is 31.0 Å². The van der Waals surface area contributed by atoms with Gasteiger partial charge in [-0.1, -0.05) is 41.7 Å². The molecule has 1 heterocycles. The van der Waals surface area contributed by atoms with E-state index in [0.717, 1.165) is 16.4 Å². The van der Waals surface area contributed by atoms with Gasteiger partial charge in [0.05, 0.1) is 12.6 Å². The number of methoxy groups -OCH3 is 1. The second-order valence-electron chi connectivity index (χ2n) is 3.91. The highest BCUT2D eigenvalue weighted by Gasteiger charge is 2.16. The maximum absolute atomic E-state index is 5.05. The number of benzene rings is 1. The van der Waals surface area contributed by atoms with Crippen molar-refractivity contribution in [3.05, 3.63) is 45.9 Å². The summed E-state index contributed by atoms with van der Waals surface area (Å²) >= 11 is 1.64. The number of ether oxygens (including phenoxy) is 1. The molecule has 0 amide bonds. The van der Waals surface area contributed by atoms with Crippen molar-refractivity contribution < 1.29 is 4.74 Å². The Kier molecular flexibility index (Phi) is 4.81. The number of aromatic nitrogens is 2. The zero-order valence-corrected chi connectivity index (χ0v) is 11.4. The van der Waals surface area contributed by atoms with Crippen LogP contribution in [0.15, 0.2) is 30.3 Å². The minimum atomic E-state index is 0.111. The molecule has 0 radical (unpaired) electrons. The lowest BCUT2D eigenvalue weighted by Gasteiger charge is -2.12. The Hall–Kier alpha value is -1.30. The lowest BCUT2D eigenvalue weighted by molar-refractivity contribution is 0.202. The summed E-state index contributed by atoms with van der Waals surface area (Å²) in [5.74, 6) is 0. The summed E-state index contributed by atoms with van der Waals surface area (Å²) < 4.78 is 5.05. The Morgan fingerprint density at radius 3 is 2.72 bits per heavy atom. The van der Waals surface area contributed by atoms with Gasteiger partial charge >= 0.3 is 0 Å². The SMILES string of the molecule is CNC(c1ccccc1)c1nnc(CCOC)s1. The normalized spacial score (nSPS) is 12.6. The van der Waals surface area contributed by atoms with Crippen LogP contribution in [0.1, 0.15) is 21.6 Å². The summed E-state index contributed by atoms with van der Waals surface area (Å²) in [5.41, 5.74) is 1.20. The van der Waals surface area contributed by atoms with Crippen LogP contribution in [0.25, 0.3) is 0 Å². The van der Waals surface area contributed by atoms with Crippen LogP contribution in [-0.2, 0) is 11.2 Å². The second-order valence-corrected chi connectivity index (χ2v) is 5.00. The lowest BCUT2D eigenvalue weighted by Crippen LogP contribution is -2.17. The van der Waals surface area contributed by atoms with Gasteiger partial charge in [0.25, 0.3) is 0 Å². The molecule has 0 fully saturated rings. The first-order valence-corrected chi connectivity index (χ1v) is 6.70. The summed E-state index contributed by atoms with van der Waals surface area (Å²) in [6.07, 6.45) is 0.819. The number of hydrogen-bond acceptors (Lipinski definition) is 5. The van der Waals surface area contributed by atoms with Crippen molar-refractivity contribution in [2.24, 2.45) is 0 Å². The van der Waals surface area contributed by atoms with Gasteiger partial charge in [0.2, 0.25) is 0 Å². The van der Waals surface area contributed by atoms with E-state index in [9.17, 15) is 0 Å². The Morgan fingerprint density at radius 2 is 2.06 bits per heavy atom. The van der Waals surface area contributed by atoms with E-state index < -0.39 is 0 Å². The predicted molar refractivity (Wildman–Crippen MR) is 72.8 cm³/mol. The van der Waals surface area contributed by atoms with Crippen molar-refractivity contribution >= 4 is 11.3 Å². The molecule has 5 heteroatoms. The van der Waals surface area contributed by atoms with E-state index in [1.54, 1.807) is 18.4 Å². The van der Waals surface area contributed by atoms with E-state index in [2.05, 4.69) is 27.6 Å². The van der Waals surface area contributed by atoms with Crippen LogP contribution >= 0.6 is 11.3 Å². The molecule has 0 aliphatic carbocycles. The van der Waals surface area contributed by atoms with Crippen molar-refractivity contribution in [1.82, 2.24) is 15.5 Å². The Labute approximate surface area is 111 Å². The molecule has 0 saturated carbocycles. The molecule has 1 atom stereocenters.